The lowest BCUT2D eigenvalue weighted by molar-refractivity contribution is 0.0152. The van der Waals surface area contributed by atoms with Gasteiger partial charge in [0.25, 0.3) is 0 Å². The summed E-state index contributed by atoms with van der Waals surface area (Å²) in [6.45, 7) is 7.73. The van der Waals surface area contributed by atoms with Gasteiger partial charge in [-0.15, -0.1) is 0 Å². The zero-order valence-corrected chi connectivity index (χ0v) is 13.6. The number of hydrogen-bond acceptors (Lipinski definition) is 3. The van der Waals surface area contributed by atoms with Crippen molar-refractivity contribution in [1.29, 1.82) is 0 Å². The second kappa shape index (κ2) is 5.30. The highest BCUT2D eigenvalue weighted by Crippen LogP contribution is 2.36. The Bertz CT molecular complexity index is 654. The van der Waals surface area contributed by atoms with Crippen molar-refractivity contribution in [2.45, 2.75) is 58.2 Å². The molecule has 0 unspecified atom stereocenters. The Morgan fingerprint density at radius 2 is 2.05 bits per heavy atom. The smallest absolute Gasteiger partial charge is 0.411 e. The molecule has 2 atom stereocenters. The lowest BCUT2D eigenvalue weighted by Gasteiger charge is -2.30. The summed E-state index contributed by atoms with van der Waals surface area (Å²) in [4.78, 5) is 22.4. The summed E-state index contributed by atoms with van der Waals surface area (Å²) in [6, 6.07) is 8.04. The number of carbonyl (C=O) groups is 1. The van der Waals surface area contributed by atoms with E-state index in [9.17, 15) is 4.79 Å². The molecule has 5 nitrogen and oxygen atoms in total. The number of para-hydroxylation sites is 2. The van der Waals surface area contributed by atoms with Crippen LogP contribution in [0.15, 0.2) is 24.3 Å². The molecular weight excluding hydrogens is 278 g/mol. The van der Waals surface area contributed by atoms with Crippen molar-refractivity contribution in [1.82, 2.24) is 14.9 Å². The monoisotopic (exact) mass is 301 g/mol. The number of fused-ring (bicyclic) bond motifs is 1. The first-order valence-electron chi connectivity index (χ1n) is 7.81. The third-order valence-electron chi connectivity index (χ3n) is 4.00. The number of likely N-dealkylation sites (tertiary alicyclic amines) is 1. The number of carbonyl (C=O) groups excluding carboxylic acids is 1. The lowest BCUT2D eigenvalue weighted by atomic mass is 10.2. The number of nitrogens with one attached hydrogen (secondary N) is 1. The topological polar surface area (TPSA) is 58.2 Å². The second-order valence-corrected chi connectivity index (χ2v) is 6.97. The van der Waals surface area contributed by atoms with E-state index in [1.54, 1.807) is 0 Å². The zero-order chi connectivity index (χ0) is 15.9. The summed E-state index contributed by atoms with van der Waals surface area (Å²) in [6.07, 6.45) is 1.60. The molecule has 0 saturated carbocycles. The van der Waals surface area contributed by atoms with Gasteiger partial charge in [-0.1, -0.05) is 12.1 Å². The van der Waals surface area contributed by atoms with E-state index in [1.165, 1.54) is 0 Å². The molecule has 0 bridgehead atoms. The highest BCUT2D eigenvalue weighted by molar-refractivity contribution is 5.75. The van der Waals surface area contributed by atoms with Crippen LogP contribution in [-0.4, -0.2) is 32.6 Å². The Balaban J connectivity index is 1.89. The predicted octanol–water partition coefficient (Wildman–Crippen LogP) is 4.02. The Labute approximate surface area is 130 Å². The fourth-order valence-electron chi connectivity index (χ4n) is 3.01. The van der Waals surface area contributed by atoms with E-state index in [0.29, 0.717) is 0 Å². The summed E-state index contributed by atoms with van der Waals surface area (Å²) >= 11 is 0. The molecule has 1 N–H and O–H groups in total. The molecular formula is C17H23N3O2. The second-order valence-electron chi connectivity index (χ2n) is 6.97. The molecule has 5 heteroatoms. The van der Waals surface area contributed by atoms with Crippen LogP contribution >= 0.6 is 0 Å². The average molecular weight is 301 g/mol. The molecule has 1 aromatic carbocycles. The molecule has 2 aromatic rings. The molecule has 0 spiro atoms. The standard InChI is InChI=1S/C17H23N3O2/c1-11-9-10-14(20(11)16(21)22-17(2,3)4)15-18-12-7-5-6-8-13(12)19-15/h5-8,11,14H,9-10H2,1-4H3,(H,18,19)/t11-,14-/m0/s1. The zero-order valence-electron chi connectivity index (χ0n) is 13.6. The maximum Gasteiger partial charge on any atom is 0.411 e. The SMILES string of the molecule is C[C@H]1CC[C@@H](c2nc3ccccc3[nH]2)N1C(=O)OC(C)(C)C. The molecule has 1 aromatic heterocycles. The molecule has 2 heterocycles. The first kappa shape index (κ1) is 14.9. The van der Waals surface area contributed by atoms with Crippen LogP contribution in [0, 0.1) is 0 Å². The van der Waals surface area contributed by atoms with Crippen molar-refractivity contribution in [3.8, 4) is 0 Å². The van der Waals surface area contributed by atoms with Crippen LogP contribution in [0.2, 0.25) is 0 Å². The normalized spacial score (nSPS) is 22.3. The fraction of sp³-hybridized carbons (Fsp3) is 0.529. The summed E-state index contributed by atoms with van der Waals surface area (Å²) in [5.74, 6) is 0.844. The number of aromatic nitrogens is 2. The first-order chi connectivity index (χ1) is 10.3. The highest BCUT2D eigenvalue weighted by atomic mass is 16.6. The number of imidazole rings is 1. The molecule has 0 radical (unpaired) electrons. The maximum absolute atomic E-state index is 12.5. The van der Waals surface area contributed by atoms with E-state index in [0.717, 1.165) is 29.7 Å². The molecule has 1 fully saturated rings. The number of nitrogens with zero attached hydrogens (tertiary/aromatic N) is 2. The number of benzene rings is 1. The minimum Gasteiger partial charge on any atom is -0.444 e. The van der Waals surface area contributed by atoms with Gasteiger partial charge in [-0.2, -0.15) is 0 Å². The summed E-state index contributed by atoms with van der Waals surface area (Å²) in [5, 5.41) is 0. The van der Waals surface area contributed by atoms with Gasteiger partial charge in [0.1, 0.15) is 11.4 Å². The van der Waals surface area contributed by atoms with E-state index in [-0.39, 0.29) is 18.2 Å². The Kier molecular flexibility index (Phi) is 3.59. The number of aromatic amines is 1. The summed E-state index contributed by atoms with van der Waals surface area (Å²) in [7, 11) is 0. The van der Waals surface area contributed by atoms with Crippen LogP contribution in [0.5, 0.6) is 0 Å². The van der Waals surface area contributed by atoms with Crippen molar-refractivity contribution in [2.24, 2.45) is 0 Å². The van der Waals surface area contributed by atoms with Gasteiger partial charge in [0.2, 0.25) is 0 Å². The molecule has 1 saturated heterocycles. The lowest BCUT2D eigenvalue weighted by Crippen LogP contribution is -2.40. The van der Waals surface area contributed by atoms with Gasteiger partial charge in [-0.3, -0.25) is 4.90 Å². The van der Waals surface area contributed by atoms with Crippen LogP contribution in [0.4, 0.5) is 4.79 Å². The van der Waals surface area contributed by atoms with Gasteiger partial charge < -0.3 is 9.72 Å². The van der Waals surface area contributed by atoms with E-state index in [1.807, 2.05) is 49.9 Å². The molecule has 22 heavy (non-hydrogen) atoms. The largest absolute Gasteiger partial charge is 0.444 e. The highest BCUT2D eigenvalue weighted by Gasteiger charge is 2.39. The van der Waals surface area contributed by atoms with E-state index >= 15 is 0 Å². The van der Waals surface area contributed by atoms with Crippen LogP contribution in [0.3, 0.4) is 0 Å². The van der Waals surface area contributed by atoms with Crippen LogP contribution in [0.1, 0.15) is 52.4 Å². The molecule has 0 aliphatic carbocycles. The van der Waals surface area contributed by atoms with Gasteiger partial charge in [0.05, 0.1) is 17.1 Å². The predicted molar refractivity (Wildman–Crippen MR) is 85.6 cm³/mol. The summed E-state index contributed by atoms with van der Waals surface area (Å²) < 4.78 is 5.56. The molecule has 1 amide bonds. The number of hydrogen-bond donors (Lipinski definition) is 1. The fourth-order valence-corrected chi connectivity index (χ4v) is 3.01. The van der Waals surface area contributed by atoms with Crippen molar-refractivity contribution in [3.63, 3.8) is 0 Å². The Morgan fingerprint density at radius 3 is 2.73 bits per heavy atom. The quantitative estimate of drug-likeness (QED) is 0.865. The minimum absolute atomic E-state index is 0.0442. The van der Waals surface area contributed by atoms with Crippen molar-refractivity contribution >= 4 is 17.1 Å². The number of rotatable bonds is 1. The average Bonchev–Trinajstić information content (AvgIpc) is 2.99. The van der Waals surface area contributed by atoms with Gasteiger partial charge >= 0.3 is 6.09 Å². The van der Waals surface area contributed by atoms with Crippen molar-refractivity contribution in [2.75, 3.05) is 0 Å². The number of H-pyrrole nitrogens is 1. The first-order valence-corrected chi connectivity index (χ1v) is 7.81. The molecule has 1 aliphatic heterocycles. The minimum atomic E-state index is -0.488. The van der Waals surface area contributed by atoms with Gasteiger partial charge in [0, 0.05) is 6.04 Å². The molecule has 1 aliphatic rings. The Morgan fingerprint density at radius 1 is 1.32 bits per heavy atom. The van der Waals surface area contributed by atoms with Gasteiger partial charge in [0.15, 0.2) is 0 Å². The molecule has 118 valence electrons. The van der Waals surface area contributed by atoms with E-state index in [4.69, 9.17) is 4.74 Å². The summed E-state index contributed by atoms with van der Waals surface area (Å²) in [5.41, 5.74) is 1.44. The maximum atomic E-state index is 12.5. The Hall–Kier alpha value is -2.04. The third kappa shape index (κ3) is 2.80. The van der Waals surface area contributed by atoms with Crippen molar-refractivity contribution in [3.05, 3.63) is 30.1 Å². The van der Waals surface area contributed by atoms with Crippen molar-refractivity contribution < 1.29 is 9.53 Å². The van der Waals surface area contributed by atoms with Gasteiger partial charge in [-0.25, -0.2) is 9.78 Å². The van der Waals surface area contributed by atoms with Crippen LogP contribution < -0.4 is 0 Å². The van der Waals surface area contributed by atoms with E-state index < -0.39 is 5.60 Å². The van der Waals surface area contributed by atoms with Crippen LogP contribution in [0.25, 0.3) is 11.0 Å². The molecule has 3 rings (SSSR count). The van der Waals surface area contributed by atoms with E-state index in [2.05, 4.69) is 16.9 Å². The van der Waals surface area contributed by atoms with Gasteiger partial charge in [-0.05, 0) is 52.7 Å². The number of ether oxygens (including phenoxy) is 1. The third-order valence-corrected chi connectivity index (χ3v) is 4.00. The van der Waals surface area contributed by atoms with Crippen LogP contribution in [-0.2, 0) is 4.74 Å². The number of amides is 1.